The quantitative estimate of drug-likeness (QED) is 0.730. The van der Waals surface area contributed by atoms with Crippen molar-refractivity contribution in [3.05, 3.63) is 0 Å². The average molecular weight is 197 g/mol. The highest BCUT2D eigenvalue weighted by Gasteiger charge is 2.50. The monoisotopic (exact) mass is 197 g/mol. The maximum absolute atomic E-state index is 10.9. The largest absolute Gasteiger partial charge is 0.481 e. The molecular formula is C11H19NO2. The summed E-state index contributed by atoms with van der Waals surface area (Å²) in [5.41, 5.74) is 0.00463. The Morgan fingerprint density at radius 3 is 2.29 bits per heavy atom. The lowest BCUT2D eigenvalue weighted by molar-refractivity contribution is -0.139. The van der Waals surface area contributed by atoms with E-state index in [2.05, 4.69) is 18.7 Å². The predicted molar refractivity (Wildman–Crippen MR) is 54.1 cm³/mol. The minimum Gasteiger partial charge on any atom is -0.481 e. The standard InChI is InChI=1S/C11H19NO2/c1-8-3-11(5-10(13)14)4-9(2)7-12(11)6-8/h8-9H,3-7H2,1-2H3,(H,13,14). The molecule has 0 spiro atoms. The van der Waals surface area contributed by atoms with E-state index in [4.69, 9.17) is 5.11 Å². The van der Waals surface area contributed by atoms with E-state index in [1.165, 1.54) is 0 Å². The van der Waals surface area contributed by atoms with Gasteiger partial charge in [-0.2, -0.15) is 0 Å². The topological polar surface area (TPSA) is 40.5 Å². The molecule has 2 heterocycles. The Hall–Kier alpha value is -0.570. The van der Waals surface area contributed by atoms with Gasteiger partial charge in [-0.15, -0.1) is 0 Å². The Morgan fingerprint density at radius 1 is 1.36 bits per heavy atom. The third-order valence-electron chi connectivity index (χ3n) is 3.67. The molecule has 2 atom stereocenters. The van der Waals surface area contributed by atoms with Crippen molar-refractivity contribution in [1.29, 1.82) is 0 Å². The fourth-order valence-corrected chi connectivity index (χ4v) is 3.52. The van der Waals surface area contributed by atoms with Crippen LogP contribution in [0.4, 0.5) is 0 Å². The fourth-order valence-electron chi connectivity index (χ4n) is 3.52. The summed E-state index contributed by atoms with van der Waals surface area (Å²) in [6.07, 6.45) is 2.48. The molecule has 2 saturated heterocycles. The molecule has 0 saturated carbocycles. The molecule has 1 N–H and O–H groups in total. The zero-order valence-corrected chi connectivity index (χ0v) is 8.99. The number of hydrogen-bond acceptors (Lipinski definition) is 2. The van der Waals surface area contributed by atoms with Crippen LogP contribution < -0.4 is 0 Å². The zero-order chi connectivity index (χ0) is 10.3. The van der Waals surface area contributed by atoms with E-state index in [0.29, 0.717) is 18.3 Å². The van der Waals surface area contributed by atoms with Gasteiger partial charge in [0.2, 0.25) is 0 Å². The number of rotatable bonds is 2. The molecule has 3 heteroatoms. The number of carboxylic acid groups (broad SMARTS) is 1. The van der Waals surface area contributed by atoms with Crippen molar-refractivity contribution in [2.75, 3.05) is 13.1 Å². The Labute approximate surface area is 85.1 Å². The first-order chi connectivity index (χ1) is 6.52. The first kappa shape index (κ1) is 9.97. The highest BCUT2D eigenvalue weighted by molar-refractivity contribution is 5.68. The maximum Gasteiger partial charge on any atom is 0.305 e. The van der Waals surface area contributed by atoms with Gasteiger partial charge in [-0.1, -0.05) is 13.8 Å². The van der Waals surface area contributed by atoms with E-state index in [0.717, 1.165) is 25.9 Å². The molecule has 80 valence electrons. The first-order valence-electron chi connectivity index (χ1n) is 5.49. The number of hydrogen-bond donors (Lipinski definition) is 1. The smallest absolute Gasteiger partial charge is 0.305 e. The van der Waals surface area contributed by atoms with E-state index < -0.39 is 5.97 Å². The van der Waals surface area contributed by atoms with Crippen molar-refractivity contribution in [2.24, 2.45) is 11.8 Å². The van der Waals surface area contributed by atoms with Gasteiger partial charge in [0, 0.05) is 18.6 Å². The molecule has 2 unspecified atom stereocenters. The molecule has 0 aromatic rings. The van der Waals surface area contributed by atoms with Gasteiger partial charge in [0.25, 0.3) is 0 Å². The molecule has 2 aliphatic heterocycles. The summed E-state index contributed by atoms with van der Waals surface area (Å²) in [7, 11) is 0. The van der Waals surface area contributed by atoms with Crippen LogP contribution >= 0.6 is 0 Å². The van der Waals surface area contributed by atoms with E-state index in [1.807, 2.05) is 0 Å². The molecule has 0 bridgehead atoms. The van der Waals surface area contributed by atoms with Gasteiger partial charge in [0.05, 0.1) is 6.42 Å². The molecule has 2 fully saturated rings. The lowest BCUT2D eigenvalue weighted by Gasteiger charge is -2.30. The van der Waals surface area contributed by atoms with E-state index in [1.54, 1.807) is 0 Å². The molecular weight excluding hydrogens is 178 g/mol. The first-order valence-corrected chi connectivity index (χ1v) is 5.49. The SMILES string of the molecule is CC1CN2CC(C)CC2(CC(=O)O)C1. The minimum atomic E-state index is -0.641. The van der Waals surface area contributed by atoms with Crippen LogP contribution in [0.2, 0.25) is 0 Å². The average Bonchev–Trinajstić information content (AvgIpc) is 2.36. The Bertz CT molecular complexity index is 238. The van der Waals surface area contributed by atoms with E-state index in [-0.39, 0.29) is 5.54 Å². The van der Waals surface area contributed by atoms with Crippen LogP contribution in [0, 0.1) is 11.8 Å². The molecule has 14 heavy (non-hydrogen) atoms. The second-order valence-corrected chi connectivity index (χ2v) is 5.32. The summed E-state index contributed by atoms with van der Waals surface area (Å²) >= 11 is 0. The summed E-state index contributed by atoms with van der Waals surface area (Å²) in [6, 6.07) is 0. The summed E-state index contributed by atoms with van der Waals surface area (Å²) in [5, 5.41) is 8.96. The van der Waals surface area contributed by atoms with Crippen LogP contribution in [0.3, 0.4) is 0 Å². The van der Waals surface area contributed by atoms with Gasteiger partial charge in [-0.3, -0.25) is 9.69 Å². The molecule has 0 radical (unpaired) electrons. The minimum absolute atomic E-state index is 0.00463. The third-order valence-corrected chi connectivity index (χ3v) is 3.67. The Balaban J connectivity index is 2.16. The molecule has 2 aliphatic rings. The van der Waals surface area contributed by atoms with Crippen LogP contribution in [0.25, 0.3) is 0 Å². The van der Waals surface area contributed by atoms with Crippen molar-refractivity contribution >= 4 is 5.97 Å². The predicted octanol–water partition coefficient (Wildman–Crippen LogP) is 1.58. The van der Waals surface area contributed by atoms with Crippen LogP contribution in [-0.4, -0.2) is 34.6 Å². The van der Waals surface area contributed by atoms with Gasteiger partial charge < -0.3 is 5.11 Å². The number of nitrogens with zero attached hydrogens (tertiary/aromatic N) is 1. The Kier molecular flexibility index (Phi) is 2.30. The van der Waals surface area contributed by atoms with Crippen molar-refractivity contribution in [3.8, 4) is 0 Å². The normalized spacial score (nSPS) is 42.7. The molecule has 0 amide bonds. The lowest BCUT2D eigenvalue weighted by Crippen LogP contribution is -2.39. The summed E-state index contributed by atoms with van der Waals surface area (Å²) in [5.74, 6) is 0.696. The molecule has 0 aliphatic carbocycles. The molecule has 2 rings (SSSR count). The number of fused-ring (bicyclic) bond motifs is 1. The number of carbonyl (C=O) groups is 1. The van der Waals surface area contributed by atoms with Crippen molar-refractivity contribution in [2.45, 2.75) is 38.6 Å². The van der Waals surface area contributed by atoms with Gasteiger partial charge in [-0.25, -0.2) is 0 Å². The highest BCUT2D eigenvalue weighted by atomic mass is 16.4. The highest BCUT2D eigenvalue weighted by Crippen LogP contribution is 2.45. The number of aliphatic carboxylic acids is 1. The van der Waals surface area contributed by atoms with E-state index >= 15 is 0 Å². The second-order valence-electron chi connectivity index (χ2n) is 5.32. The number of carboxylic acids is 1. The molecule has 3 nitrogen and oxygen atoms in total. The molecule has 0 aromatic carbocycles. The van der Waals surface area contributed by atoms with Crippen molar-refractivity contribution in [3.63, 3.8) is 0 Å². The van der Waals surface area contributed by atoms with Crippen LogP contribution in [0.1, 0.15) is 33.1 Å². The van der Waals surface area contributed by atoms with Crippen LogP contribution in [0.15, 0.2) is 0 Å². The van der Waals surface area contributed by atoms with Gasteiger partial charge in [-0.05, 0) is 24.7 Å². The lowest BCUT2D eigenvalue weighted by atomic mass is 9.85. The summed E-state index contributed by atoms with van der Waals surface area (Å²) < 4.78 is 0. The fraction of sp³-hybridized carbons (Fsp3) is 0.909. The van der Waals surface area contributed by atoms with Gasteiger partial charge >= 0.3 is 5.97 Å². The van der Waals surface area contributed by atoms with Crippen molar-refractivity contribution in [1.82, 2.24) is 4.90 Å². The van der Waals surface area contributed by atoms with E-state index in [9.17, 15) is 4.79 Å². The Morgan fingerprint density at radius 2 is 1.86 bits per heavy atom. The zero-order valence-electron chi connectivity index (χ0n) is 8.99. The van der Waals surface area contributed by atoms with Crippen LogP contribution in [-0.2, 0) is 4.79 Å². The molecule has 0 aromatic heterocycles. The van der Waals surface area contributed by atoms with Gasteiger partial charge in [0.15, 0.2) is 0 Å². The van der Waals surface area contributed by atoms with Gasteiger partial charge in [0.1, 0.15) is 0 Å². The summed E-state index contributed by atoms with van der Waals surface area (Å²) in [4.78, 5) is 13.3. The van der Waals surface area contributed by atoms with Crippen molar-refractivity contribution < 1.29 is 9.90 Å². The summed E-state index contributed by atoms with van der Waals surface area (Å²) in [6.45, 7) is 6.65. The second kappa shape index (κ2) is 3.23. The third kappa shape index (κ3) is 1.54. The maximum atomic E-state index is 10.9. The van der Waals surface area contributed by atoms with Crippen LogP contribution in [0.5, 0.6) is 0 Å².